The largest absolute Gasteiger partial charge is 0.419 e. The van der Waals surface area contributed by atoms with Crippen LogP contribution >= 0.6 is 0 Å². The van der Waals surface area contributed by atoms with Crippen LogP contribution in [-0.2, 0) is 18.3 Å². The van der Waals surface area contributed by atoms with Crippen molar-refractivity contribution in [2.45, 2.75) is 152 Å². The summed E-state index contributed by atoms with van der Waals surface area (Å²) in [6.07, 6.45) is 13.0. The van der Waals surface area contributed by atoms with Gasteiger partial charge in [-0.3, -0.25) is 0 Å². The average molecular weight is 513 g/mol. The number of hydrogen-bond donors (Lipinski definition) is 0. The van der Waals surface area contributed by atoms with Crippen molar-refractivity contribution >= 4 is 26.2 Å². The molecule has 33 heavy (non-hydrogen) atoms. The Labute approximate surface area is 208 Å². The van der Waals surface area contributed by atoms with E-state index in [-0.39, 0.29) is 10.4 Å². The van der Waals surface area contributed by atoms with Crippen LogP contribution in [0.3, 0.4) is 0 Å². The molecule has 0 aromatic carbocycles. The Morgan fingerprint density at radius 1 is 0.758 bits per heavy atom. The predicted octanol–water partition coefficient (Wildman–Crippen LogP) is 5.99. The number of hydrogen-bond acceptors (Lipinski definition) is 4. The molecular formula is C26H52O4Si3. The zero-order valence-electron chi connectivity index (χ0n) is 22.9. The molecule has 2 saturated carbocycles. The molecule has 2 aliphatic carbocycles. The van der Waals surface area contributed by atoms with Gasteiger partial charge < -0.3 is 18.3 Å². The Balaban J connectivity index is 1.20. The second-order valence-corrected chi connectivity index (χ2v) is 26.1. The molecule has 0 spiro atoms. The third-order valence-electron chi connectivity index (χ3n) is 9.52. The van der Waals surface area contributed by atoms with Gasteiger partial charge in [-0.2, -0.15) is 0 Å². The molecule has 4 aliphatic rings. The summed E-state index contributed by atoms with van der Waals surface area (Å²) in [5, 5.41) is -0.0713. The third kappa shape index (κ3) is 7.26. The van der Waals surface area contributed by atoms with Crippen molar-refractivity contribution in [2.75, 3.05) is 0 Å². The lowest BCUT2D eigenvalue weighted by Gasteiger charge is -2.44. The first kappa shape index (κ1) is 26.6. The van der Waals surface area contributed by atoms with Crippen LogP contribution in [-0.4, -0.2) is 61.0 Å². The van der Waals surface area contributed by atoms with Crippen LogP contribution in [0, 0.1) is 11.8 Å². The maximum absolute atomic E-state index is 6.88. The van der Waals surface area contributed by atoms with Crippen LogP contribution in [0.4, 0.5) is 0 Å². The van der Waals surface area contributed by atoms with Gasteiger partial charge in [0, 0.05) is 5.22 Å². The Bertz CT molecular complexity index is 680. The van der Waals surface area contributed by atoms with E-state index in [2.05, 4.69) is 53.9 Å². The molecule has 0 aromatic rings. The molecule has 0 radical (unpaired) electrons. The SMILES string of the molecule is CC(C)(O[Si](C)(C)CCC1CCC2OC2C1)[SiH2]OC(C)(C)[Si](C)(C)CCC1CCC2OC2C1. The van der Waals surface area contributed by atoms with E-state index in [0.717, 1.165) is 11.8 Å². The van der Waals surface area contributed by atoms with Crippen molar-refractivity contribution in [1.29, 1.82) is 0 Å². The first-order chi connectivity index (χ1) is 15.3. The topological polar surface area (TPSA) is 43.5 Å². The maximum Gasteiger partial charge on any atom is 0.192 e. The molecule has 4 fully saturated rings. The minimum Gasteiger partial charge on any atom is -0.419 e. The van der Waals surface area contributed by atoms with Crippen LogP contribution < -0.4 is 0 Å². The molecule has 2 heterocycles. The number of epoxide rings is 2. The Kier molecular flexibility index (Phi) is 7.84. The highest BCUT2D eigenvalue weighted by molar-refractivity contribution is 6.80. The molecule has 4 nitrogen and oxygen atoms in total. The molecule has 6 unspecified atom stereocenters. The lowest BCUT2D eigenvalue weighted by atomic mass is 9.87. The lowest BCUT2D eigenvalue weighted by molar-refractivity contribution is 0.122. The second-order valence-electron chi connectivity index (χ2n) is 14.2. The van der Waals surface area contributed by atoms with Crippen LogP contribution in [0.15, 0.2) is 0 Å². The highest BCUT2D eigenvalue weighted by Gasteiger charge is 2.46. The molecule has 0 amide bonds. The van der Waals surface area contributed by atoms with Crippen molar-refractivity contribution in [3.8, 4) is 0 Å². The zero-order chi connectivity index (χ0) is 24.1. The predicted molar refractivity (Wildman–Crippen MR) is 145 cm³/mol. The van der Waals surface area contributed by atoms with Gasteiger partial charge >= 0.3 is 0 Å². The van der Waals surface area contributed by atoms with E-state index in [9.17, 15) is 0 Å². The van der Waals surface area contributed by atoms with Gasteiger partial charge in [0.15, 0.2) is 18.1 Å². The molecule has 4 rings (SSSR count). The zero-order valence-corrected chi connectivity index (χ0v) is 26.3. The Hall–Kier alpha value is 0.491. The summed E-state index contributed by atoms with van der Waals surface area (Å²) >= 11 is 0. The van der Waals surface area contributed by atoms with Gasteiger partial charge in [0.2, 0.25) is 0 Å². The number of rotatable bonds is 12. The first-order valence-corrected chi connectivity index (χ1v) is 21.5. The molecule has 7 heteroatoms. The fraction of sp³-hybridized carbons (Fsp3) is 1.00. The van der Waals surface area contributed by atoms with E-state index in [0.29, 0.717) is 24.4 Å². The monoisotopic (exact) mass is 512 g/mol. The maximum atomic E-state index is 6.88. The summed E-state index contributed by atoms with van der Waals surface area (Å²) in [7, 11) is -4.01. The van der Waals surface area contributed by atoms with Crippen LogP contribution in [0.1, 0.15) is 79.1 Å². The van der Waals surface area contributed by atoms with Gasteiger partial charge in [0.05, 0.1) is 37.7 Å². The molecule has 0 bridgehead atoms. The Morgan fingerprint density at radius 3 is 1.79 bits per heavy atom. The van der Waals surface area contributed by atoms with E-state index in [4.69, 9.17) is 18.3 Å². The van der Waals surface area contributed by atoms with Gasteiger partial charge in [0.1, 0.15) is 0 Å². The van der Waals surface area contributed by atoms with Crippen LogP contribution in [0.5, 0.6) is 0 Å². The third-order valence-corrected chi connectivity index (χ3v) is 19.3. The fourth-order valence-electron chi connectivity index (χ4n) is 6.29. The number of fused-ring (bicyclic) bond motifs is 2. The van der Waals surface area contributed by atoms with E-state index in [1.807, 2.05) is 0 Å². The van der Waals surface area contributed by atoms with Crippen molar-refractivity contribution in [3.05, 3.63) is 0 Å². The highest BCUT2D eigenvalue weighted by Crippen LogP contribution is 2.43. The van der Waals surface area contributed by atoms with E-state index >= 15 is 0 Å². The van der Waals surface area contributed by atoms with Crippen molar-refractivity contribution in [1.82, 2.24) is 0 Å². The van der Waals surface area contributed by atoms with Gasteiger partial charge in [-0.25, -0.2) is 0 Å². The standard InChI is InChI=1S/C26H52O4Si3/c1-25(2,30-33(7,8)16-14-20-10-12-22-24(18-20)28-22)31-29-26(3,4)32(5,6)15-13-19-9-11-21-23(17-19)27-21/h19-24H,9-18,31H2,1-8H3. The second kappa shape index (κ2) is 9.75. The smallest absolute Gasteiger partial charge is 0.192 e. The van der Waals surface area contributed by atoms with Gasteiger partial charge in [-0.1, -0.05) is 32.0 Å². The molecule has 6 atom stereocenters. The molecule has 192 valence electrons. The lowest BCUT2D eigenvalue weighted by Crippen LogP contribution is -2.55. The highest BCUT2D eigenvalue weighted by atomic mass is 28.4. The summed E-state index contributed by atoms with van der Waals surface area (Å²) in [5.74, 6) is 1.73. The Morgan fingerprint density at radius 2 is 1.27 bits per heavy atom. The molecular weight excluding hydrogens is 461 g/mol. The minimum atomic E-state index is -1.70. The van der Waals surface area contributed by atoms with E-state index < -0.39 is 26.2 Å². The quantitative estimate of drug-likeness (QED) is 0.238. The van der Waals surface area contributed by atoms with Crippen LogP contribution in [0.25, 0.3) is 0 Å². The molecule has 0 N–H and O–H groups in total. The fourth-order valence-corrected chi connectivity index (χ4v) is 14.6. The first-order valence-electron chi connectivity index (χ1n) is 13.9. The normalized spacial score (nSPS) is 34.9. The molecule has 2 aliphatic heterocycles. The van der Waals surface area contributed by atoms with Gasteiger partial charge in [-0.05, 0) is 97.2 Å². The minimum absolute atomic E-state index is 0.0156. The summed E-state index contributed by atoms with van der Waals surface area (Å²) in [4.78, 5) is 0. The summed E-state index contributed by atoms with van der Waals surface area (Å²) in [6, 6.07) is 2.63. The molecule has 0 aromatic heterocycles. The van der Waals surface area contributed by atoms with Crippen molar-refractivity contribution in [3.63, 3.8) is 0 Å². The summed E-state index contributed by atoms with van der Waals surface area (Å²) in [5.41, 5.74) is 0. The van der Waals surface area contributed by atoms with Gasteiger partial charge in [0.25, 0.3) is 0 Å². The summed E-state index contributed by atoms with van der Waals surface area (Å²) < 4.78 is 25.2. The van der Waals surface area contributed by atoms with Crippen LogP contribution in [0.2, 0.25) is 38.3 Å². The van der Waals surface area contributed by atoms with E-state index in [1.165, 1.54) is 63.5 Å². The molecule has 2 saturated heterocycles. The van der Waals surface area contributed by atoms with Crippen molar-refractivity contribution in [2.24, 2.45) is 11.8 Å². The van der Waals surface area contributed by atoms with E-state index in [1.54, 1.807) is 0 Å². The summed E-state index contributed by atoms with van der Waals surface area (Å²) in [6.45, 7) is 19.3. The number of ether oxygens (including phenoxy) is 2. The average Bonchev–Trinajstić information content (AvgIpc) is 3.62. The van der Waals surface area contributed by atoms with Gasteiger partial charge in [-0.15, -0.1) is 0 Å². The van der Waals surface area contributed by atoms with Crippen molar-refractivity contribution < 1.29 is 18.3 Å².